The Hall–Kier alpha value is -4.26. The second kappa shape index (κ2) is 9.77. The van der Waals surface area contributed by atoms with Crippen LogP contribution in [0.15, 0.2) is 78.0 Å². The van der Waals surface area contributed by atoms with Gasteiger partial charge in [0.15, 0.2) is 17.3 Å². The third kappa shape index (κ3) is 4.52. The molecule has 7 nitrogen and oxygen atoms in total. The first kappa shape index (κ1) is 23.5. The molecule has 1 aliphatic carbocycles. The van der Waals surface area contributed by atoms with Gasteiger partial charge in [0.25, 0.3) is 0 Å². The van der Waals surface area contributed by atoms with Crippen molar-refractivity contribution in [3.05, 3.63) is 89.1 Å². The van der Waals surface area contributed by atoms with Crippen molar-refractivity contribution < 1.29 is 23.8 Å². The molecule has 2 atom stereocenters. The number of methoxy groups -OCH3 is 2. The molecule has 3 aromatic rings. The number of nitrogens with one attached hydrogen (secondary N) is 2. The van der Waals surface area contributed by atoms with Crippen LogP contribution in [-0.2, 0) is 9.59 Å². The fourth-order valence-electron chi connectivity index (χ4n) is 4.96. The number of hydrogen-bond donors (Lipinski definition) is 2. The Kier molecular flexibility index (Phi) is 6.38. The smallest absolute Gasteiger partial charge is 0.308 e. The zero-order valence-corrected chi connectivity index (χ0v) is 20.5. The van der Waals surface area contributed by atoms with E-state index in [-0.39, 0.29) is 11.7 Å². The van der Waals surface area contributed by atoms with E-state index in [1.54, 1.807) is 13.2 Å². The van der Waals surface area contributed by atoms with Crippen LogP contribution in [0.4, 0.5) is 11.4 Å². The largest absolute Gasteiger partial charge is 0.497 e. The van der Waals surface area contributed by atoms with E-state index >= 15 is 0 Å². The van der Waals surface area contributed by atoms with Crippen molar-refractivity contribution in [2.45, 2.75) is 31.7 Å². The second-order valence-electron chi connectivity index (χ2n) is 8.95. The first-order chi connectivity index (χ1) is 17.5. The Labute approximate surface area is 210 Å². The monoisotopic (exact) mass is 484 g/mol. The van der Waals surface area contributed by atoms with Crippen LogP contribution in [0, 0.1) is 0 Å². The topological polar surface area (TPSA) is 85.9 Å². The number of anilines is 2. The van der Waals surface area contributed by atoms with Crippen molar-refractivity contribution in [1.82, 2.24) is 0 Å². The second-order valence-corrected chi connectivity index (χ2v) is 8.95. The van der Waals surface area contributed by atoms with Crippen LogP contribution in [0.25, 0.3) is 0 Å². The molecular weight excluding hydrogens is 456 g/mol. The summed E-state index contributed by atoms with van der Waals surface area (Å²) in [6, 6.07) is 20.8. The molecule has 7 heteroatoms. The van der Waals surface area contributed by atoms with E-state index in [1.807, 2.05) is 60.7 Å². The van der Waals surface area contributed by atoms with Gasteiger partial charge in [0, 0.05) is 24.6 Å². The van der Waals surface area contributed by atoms with E-state index in [1.165, 1.54) is 14.0 Å². The molecule has 0 fully saturated rings. The molecule has 0 bridgehead atoms. The maximum Gasteiger partial charge on any atom is 0.308 e. The van der Waals surface area contributed by atoms with Crippen molar-refractivity contribution in [3.8, 4) is 17.2 Å². The average Bonchev–Trinajstić information content (AvgIpc) is 3.05. The SMILES string of the molecule is COc1ccc([C@H]2CC(=O)C3=C(C2)Nc2ccccc2N[C@@H]3c2ccc(OC(C)=O)c(OC)c2)cc1. The van der Waals surface area contributed by atoms with Crippen molar-refractivity contribution in [1.29, 1.82) is 0 Å². The third-order valence-electron chi connectivity index (χ3n) is 6.67. The van der Waals surface area contributed by atoms with Crippen LogP contribution >= 0.6 is 0 Å². The molecule has 0 unspecified atom stereocenters. The number of rotatable bonds is 5. The molecule has 0 saturated carbocycles. The van der Waals surface area contributed by atoms with Crippen molar-refractivity contribution in [2.24, 2.45) is 0 Å². The quantitative estimate of drug-likeness (QED) is 0.360. The van der Waals surface area contributed by atoms with Gasteiger partial charge in [-0.15, -0.1) is 0 Å². The summed E-state index contributed by atoms with van der Waals surface area (Å²) in [7, 11) is 3.17. The van der Waals surface area contributed by atoms with Gasteiger partial charge < -0.3 is 24.8 Å². The number of ketones is 1. The summed E-state index contributed by atoms with van der Waals surface area (Å²) in [6.07, 6.45) is 1.10. The third-order valence-corrected chi connectivity index (χ3v) is 6.67. The van der Waals surface area contributed by atoms with Crippen LogP contribution in [0.1, 0.15) is 42.9 Å². The number of hydrogen-bond acceptors (Lipinski definition) is 7. The molecule has 0 aromatic heterocycles. The van der Waals surface area contributed by atoms with Gasteiger partial charge in [-0.2, -0.15) is 0 Å². The first-order valence-corrected chi connectivity index (χ1v) is 11.9. The summed E-state index contributed by atoms with van der Waals surface area (Å²) in [4.78, 5) is 25.2. The van der Waals surface area contributed by atoms with Crippen LogP contribution in [0.2, 0.25) is 0 Å². The molecule has 5 rings (SSSR count). The van der Waals surface area contributed by atoms with E-state index in [2.05, 4.69) is 10.6 Å². The van der Waals surface area contributed by atoms with Gasteiger partial charge in [-0.3, -0.25) is 9.59 Å². The summed E-state index contributed by atoms with van der Waals surface area (Å²) in [6.45, 7) is 1.35. The van der Waals surface area contributed by atoms with Crippen molar-refractivity contribution in [3.63, 3.8) is 0 Å². The highest BCUT2D eigenvalue weighted by atomic mass is 16.6. The molecule has 184 valence electrons. The van der Waals surface area contributed by atoms with Gasteiger partial charge in [-0.25, -0.2) is 0 Å². The molecule has 1 aliphatic heterocycles. The lowest BCUT2D eigenvalue weighted by Gasteiger charge is -2.30. The van der Waals surface area contributed by atoms with Gasteiger partial charge in [-0.05, 0) is 59.9 Å². The summed E-state index contributed by atoms with van der Waals surface area (Å²) in [5.74, 6) is 1.27. The van der Waals surface area contributed by atoms with Crippen LogP contribution in [0.5, 0.6) is 17.2 Å². The van der Waals surface area contributed by atoms with Crippen molar-refractivity contribution >= 4 is 23.1 Å². The number of ether oxygens (including phenoxy) is 3. The molecule has 0 spiro atoms. The minimum Gasteiger partial charge on any atom is -0.497 e. The zero-order valence-electron chi connectivity index (χ0n) is 20.5. The minimum atomic E-state index is -0.427. The number of benzene rings is 3. The molecule has 1 heterocycles. The Morgan fingerprint density at radius 1 is 0.861 bits per heavy atom. The number of carbonyl (C=O) groups is 2. The number of esters is 1. The zero-order chi connectivity index (χ0) is 25.2. The Morgan fingerprint density at radius 2 is 1.58 bits per heavy atom. The number of Topliss-reactive ketones (excluding diaryl/α,β-unsaturated/α-hetero) is 1. The Morgan fingerprint density at radius 3 is 2.28 bits per heavy atom. The molecule has 3 aromatic carbocycles. The lowest BCUT2D eigenvalue weighted by molar-refractivity contribution is -0.132. The maximum atomic E-state index is 13.7. The highest BCUT2D eigenvalue weighted by Crippen LogP contribution is 2.45. The molecule has 0 amide bonds. The van der Waals surface area contributed by atoms with Crippen LogP contribution in [0.3, 0.4) is 0 Å². The first-order valence-electron chi connectivity index (χ1n) is 11.9. The molecule has 36 heavy (non-hydrogen) atoms. The fraction of sp³-hybridized carbons (Fsp3) is 0.241. The maximum absolute atomic E-state index is 13.7. The van der Waals surface area contributed by atoms with Gasteiger partial charge in [0.2, 0.25) is 0 Å². The standard InChI is InChI=1S/C29H28N2O5/c1-17(32)36-26-13-10-19(16-27(26)35-3)29-28-24(30-22-6-4-5-7-23(22)31-29)14-20(15-25(28)33)18-8-11-21(34-2)12-9-18/h4-13,16,20,29-31H,14-15H2,1-3H3/t20-,29-/m1/s1. The minimum absolute atomic E-state index is 0.0569. The predicted octanol–water partition coefficient (Wildman–Crippen LogP) is 5.61. The van der Waals surface area contributed by atoms with Gasteiger partial charge in [0.1, 0.15) is 5.75 Å². The van der Waals surface area contributed by atoms with Crippen LogP contribution in [-0.4, -0.2) is 26.0 Å². The van der Waals surface area contributed by atoms with Gasteiger partial charge in [0.05, 0.1) is 31.6 Å². The Bertz CT molecular complexity index is 1350. The number of fused-ring (bicyclic) bond motifs is 1. The molecular formula is C29H28N2O5. The molecule has 2 aliphatic rings. The average molecular weight is 485 g/mol. The van der Waals surface area contributed by atoms with Crippen LogP contribution < -0.4 is 24.8 Å². The normalized spacial score (nSPS) is 18.7. The van der Waals surface area contributed by atoms with Crippen molar-refractivity contribution in [2.75, 3.05) is 24.9 Å². The van der Waals surface area contributed by atoms with Gasteiger partial charge in [-0.1, -0.05) is 30.3 Å². The number of carbonyl (C=O) groups excluding carboxylic acids is 2. The Balaban J connectivity index is 1.57. The molecule has 0 radical (unpaired) electrons. The highest BCUT2D eigenvalue weighted by Gasteiger charge is 2.36. The summed E-state index contributed by atoms with van der Waals surface area (Å²) in [5.41, 5.74) is 5.36. The lowest BCUT2D eigenvalue weighted by Crippen LogP contribution is -2.27. The molecule has 0 saturated heterocycles. The fourth-order valence-corrected chi connectivity index (χ4v) is 4.96. The van der Waals surface area contributed by atoms with E-state index in [0.29, 0.717) is 29.9 Å². The summed E-state index contributed by atoms with van der Waals surface area (Å²) in [5, 5.41) is 7.12. The summed E-state index contributed by atoms with van der Waals surface area (Å²) < 4.78 is 16.1. The number of allylic oxidation sites excluding steroid dienone is 1. The predicted molar refractivity (Wildman–Crippen MR) is 138 cm³/mol. The van der Waals surface area contributed by atoms with E-state index < -0.39 is 12.0 Å². The summed E-state index contributed by atoms with van der Waals surface area (Å²) >= 11 is 0. The van der Waals surface area contributed by atoms with E-state index in [0.717, 1.165) is 33.9 Å². The molecule has 2 N–H and O–H groups in total. The highest BCUT2D eigenvalue weighted by molar-refractivity contribution is 6.01. The van der Waals surface area contributed by atoms with Gasteiger partial charge >= 0.3 is 5.97 Å². The lowest BCUT2D eigenvalue weighted by atomic mass is 9.78. The van der Waals surface area contributed by atoms with E-state index in [4.69, 9.17) is 14.2 Å². The number of para-hydroxylation sites is 2. The van der Waals surface area contributed by atoms with E-state index in [9.17, 15) is 9.59 Å².